The molecule has 0 radical (unpaired) electrons. The second kappa shape index (κ2) is 11.9. The Hall–Kier alpha value is -1.68. The topological polar surface area (TPSA) is 82.7 Å². The van der Waals surface area contributed by atoms with Crippen LogP contribution in [0.4, 0.5) is 4.39 Å². The Morgan fingerprint density at radius 1 is 1.19 bits per heavy atom. The normalized spacial score (nSPS) is 12.4. The lowest BCUT2D eigenvalue weighted by Gasteiger charge is -2.15. The van der Waals surface area contributed by atoms with Gasteiger partial charge in [0.05, 0.1) is 18.3 Å². The monoisotopic (exact) mass is 490 g/mol. The predicted octanol–water partition coefficient (Wildman–Crippen LogP) is 3.35. The summed E-state index contributed by atoms with van der Waals surface area (Å²) in [6, 6.07) is 5.82. The third-order valence-corrected chi connectivity index (χ3v) is 4.06. The van der Waals surface area contributed by atoms with Crippen molar-refractivity contribution in [3.63, 3.8) is 0 Å². The van der Waals surface area contributed by atoms with Crippen molar-refractivity contribution in [1.82, 2.24) is 15.8 Å². The molecule has 27 heavy (non-hydrogen) atoms. The van der Waals surface area contributed by atoms with Crippen LogP contribution in [-0.4, -0.2) is 29.3 Å². The number of nitrogens with zero attached hydrogens (tertiary/aromatic N) is 2. The fourth-order valence-corrected chi connectivity index (χ4v) is 2.61. The molecule has 1 heterocycles. The maximum Gasteiger partial charge on any atom is 0.191 e. The molecule has 8 heteroatoms. The molecule has 0 aliphatic rings. The van der Waals surface area contributed by atoms with Crippen molar-refractivity contribution >= 4 is 29.9 Å². The van der Waals surface area contributed by atoms with Crippen LogP contribution in [0.3, 0.4) is 0 Å². The van der Waals surface area contributed by atoms with Crippen molar-refractivity contribution in [1.29, 1.82) is 0 Å². The van der Waals surface area contributed by atoms with Crippen molar-refractivity contribution < 1.29 is 14.0 Å². The molecule has 3 N–H and O–H groups in total. The number of aliphatic hydroxyl groups is 1. The molecule has 0 spiro atoms. The van der Waals surface area contributed by atoms with E-state index in [1.165, 1.54) is 12.1 Å². The molecule has 2 aromatic rings. The first-order chi connectivity index (χ1) is 12.6. The molecule has 6 nitrogen and oxygen atoms in total. The van der Waals surface area contributed by atoms with Gasteiger partial charge in [-0.25, -0.2) is 9.38 Å². The van der Waals surface area contributed by atoms with E-state index in [0.717, 1.165) is 29.9 Å². The first-order valence-corrected chi connectivity index (χ1v) is 9.00. The van der Waals surface area contributed by atoms with Crippen LogP contribution in [0.2, 0.25) is 0 Å². The SMILES string of the molecule is CCNC(=NCc1c(CC)noc1CC)NCC(O)c1ccc(F)cc1.I. The molecule has 1 aromatic heterocycles. The second-order valence-corrected chi connectivity index (χ2v) is 5.88. The fraction of sp³-hybridized carbons (Fsp3) is 0.474. The van der Waals surface area contributed by atoms with Gasteiger partial charge in [0.15, 0.2) is 5.96 Å². The van der Waals surface area contributed by atoms with Crippen molar-refractivity contribution in [2.75, 3.05) is 13.1 Å². The van der Waals surface area contributed by atoms with E-state index in [4.69, 9.17) is 4.52 Å². The van der Waals surface area contributed by atoms with E-state index in [-0.39, 0.29) is 36.3 Å². The molecule has 2 rings (SSSR count). The number of nitrogens with one attached hydrogen (secondary N) is 2. The Balaban J connectivity index is 0.00000364. The van der Waals surface area contributed by atoms with Crippen molar-refractivity contribution in [2.45, 2.75) is 46.3 Å². The standard InChI is InChI=1S/C19H27FN4O2.HI/c1-4-16-15(18(5-2)26-24-16)11-22-19(21-6-3)23-12-17(25)13-7-9-14(20)10-8-13;/h7-10,17,25H,4-6,11-12H2,1-3H3,(H2,21,22,23);1H. The largest absolute Gasteiger partial charge is 0.387 e. The van der Waals surface area contributed by atoms with Gasteiger partial charge in [0.25, 0.3) is 0 Å². The number of aliphatic imine (C=N–C) groups is 1. The van der Waals surface area contributed by atoms with Gasteiger partial charge in [-0.2, -0.15) is 0 Å². The average molecular weight is 490 g/mol. The minimum atomic E-state index is -0.757. The zero-order chi connectivity index (χ0) is 18.9. The van der Waals surface area contributed by atoms with Crippen LogP contribution < -0.4 is 10.6 Å². The molecular formula is C19H28FIN4O2. The van der Waals surface area contributed by atoms with Gasteiger partial charge >= 0.3 is 0 Å². The molecule has 0 saturated heterocycles. The van der Waals surface area contributed by atoms with E-state index < -0.39 is 6.10 Å². The summed E-state index contributed by atoms with van der Waals surface area (Å²) in [5.74, 6) is 1.13. The summed E-state index contributed by atoms with van der Waals surface area (Å²) in [6.45, 7) is 7.45. The number of guanidine groups is 1. The van der Waals surface area contributed by atoms with E-state index >= 15 is 0 Å². The zero-order valence-electron chi connectivity index (χ0n) is 16.0. The fourth-order valence-electron chi connectivity index (χ4n) is 2.61. The number of aliphatic hydroxyl groups excluding tert-OH is 1. The molecule has 0 bridgehead atoms. The van der Waals surface area contributed by atoms with E-state index in [2.05, 4.69) is 20.8 Å². The van der Waals surface area contributed by atoms with Crippen molar-refractivity contribution in [3.05, 3.63) is 52.7 Å². The van der Waals surface area contributed by atoms with Gasteiger partial charge in [-0.05, 0) is 31.0 Å². The second-order valence-electron chi connectivity index (χ2n) is 5.88. The lowest BCUT2D eigenvalue weighted by Crippen LogP contribution is -2.39. The molecule has 1 aromatic carbocycles. The van der Waals surface area contributed by atoms with E-state index in [9.17, 15) is 9.50 Å². The molecule has 150 valence electrons. The molecule has 0 amide bonds. The zero-order valence-corrected chi connectivity index (χ0v) is 18.3. The maximum atomic E-state index is 13.0. The van der Waals surface area contributed by atoms with Gasteiger partial charge in [0, 0.05) is 25.1 Å². The molecule has 0 saturated carbocycles. The number of hydrogen-bond acceptors (Lipinski definition) is 4. The number of hydrogen-bond donors (Lipinski definition) is 3. The Labute approximate surface area is 176 Å². The Bertz CT molecular complexity index is 697. The lowest BCUT2D eigenvalue weighted by atomic mass is 10.1. The molecule has 1 atom stereocenters. The number of aromatic nitrogens is 1. The van der Waals surface area contributed by atoms with Crippen LogP contribution in [0.5, 0.6) is 0 Å². The first-order valence-electron chi connectivity index (χ1n) is 9.00. The summed E-state index contributed by atoms with van der Waals surface area (Å²) in [4.78, 5) is 4.58. The summed E-state index contributed by atoms with van der Waals surface area (Å²) < 4.78 is 18.3. The maximum absolute atomic E-state index is 13.0. The summed E-state index contributed by atoms with van der Waals surface area (Å²) in [6.07, 6.45) is 0.805. The predicted molar refractivity (Wildman–Crippen MR) is 115 cm³/mol. The Kier molecular flexibility index (Phi) is 10.3. The van der Waals surface area contributed by atoms with Crippen LogP contribution in [0.1, 0.15) is 49.5 Å². The summed E-state index contributed by atoms with van der Waals surface area (Å²) in [5, 5.41) is 20.6. The number of halogens is 2. The quantitative estimate of drug-likeness (QED) is 0.301. The van der Waals surface area contributed by atoms with E-state index in [1.807, 2.05) is 20.8 Å². The third-order valence-electron chi connectivity index (χ3n) is 4.06. The molecule has 0 fully saturated rings. The van der Waals surface area contributed by atoms with Crippen LogP contribution in [0, 0.1) is 5.82 Å². The average Bonchev–Trinajstić information content (AvgIpc) is 3.06. The van der Waals surface area contributed by atoms with Crippen LogP contribution in [0.15, 0.2) is 33.8 Å². The molecular weight excluding hydrogens is 462 g/mol. The summed E-state index contributed by atoms with van der Waals surface area (Å²) >= 11 is 0. The molecule has 0 aliphatic heterocycles. The number of aryl methyl sites for hydroxylation is 2. The minimum absolute atomic E-state index is 0. The third kappa shape index (κ3) is 6.76. The molecule has 0 aliphatic carbocycles. The van der Waals surface area contributed by atoms with Crippen LogP contribution in [0.25, 0.3) is 0 Å². The van der Waals surface area contributed by atoms with Crippen LogP contribution >= 0.6 is 24.0 Å². The Morgan fingerprint density at radius 2 is 1.89 bits per heavy atom. The smallest absolute Gasteiger partial charge is 0.191 e. The van der Waals surface area contributed by atoms with Crippen LogP contribution in [-0.2, 0) is 19.4 Å². The highest BCUT2D eigenvalue weighted by Crippen LogP contribution is 2.17. The van der Waals surface area contributed by atoms with Gasteiger partial charge < -0.3 is 20.3 Å². The van der Waals surface area contributed by atoms with Gasteiger partial charge in [-0.1, -0.05) is 31.1 Å². The first kappa shape index (κ1) is 23.4. The minimum Gasteiger partial charge on any atom is -0.387 e. The van der Waals surface area contributed by atoms with Crippen molar-refractivity contribution in [3.8, 4) is 0 Å². The molecule has 1 unspecified atom stereocenters. The van der Waals surface area contributed by atoms with E-state index in [0.29, 0.717) is 24.6 Å². The lowest BCUT2D eigenvalue weighted by molar-refractivity contribution is 0.180. The van der Waals surface area contributed by atoms with Gasteiger partial charge in [-0.3, -0.25) is 0 Å². The van der Waals surface area contributed by atoms with E-state index in [1.54, 1.807) is 12.1 Å². The highest BCUT2D eigenvalue weighted by atomic mass is 127. The highest BCUT2D eigenvalue weighted by molar-refractivity contribution is 14.0. The van der Waals surface area contributed by atoms with Gasteiger partial charge in [0.2, 0.25) is 0 Å². The highest BCUT2D eigenvalue weighted by Gasteiger charge is 2.13. The van der Waals surface area contributed by atoms with Gasteiger partial charge in [-0.15, -0.1) is 24.0 Å². The Morgan fingerprint density at radius 3 is 2.48 bits per heavy atom. The summed E-state index contributed by atoms with van der Waals surface area (Å²) in [5.41, 5.74) is 2.59. The van der Waals surface area contributed by atoms with Crippen molar-refractivity contribution in [2.24, 2.45) is 4.99 Å². The van der Waals surface area contributed by atoms with Gasteiger partial charge in [0.1, 0.15) is 11.6 Å². The summed E-state index contributed by atoms with van der Waals surface area (Å²) in [7, 11) is 0. The number of rotatable bonds is 8. The number of benzene rings is 1.